The van der Waals surface area contributed by atoms with Crippen molar-refractivity contribution in [2.24, 2.45) is 5.73 Å². The quantitative estimate of drug-likeness (QED) is 0.0469. The van der Waals surface area contributed by atoms with Gasteiger partial charge in [-0.2, -0.15) is 0 Å². The molecule has 5 nitrogen and oxygen atoms in total. The Labute approximate surface area is 635 Å². The van der Waals surface area contributed by atoms with Crippen LogP contribution in [0.4, 0.5) is 0 Å². The second-order valence-electron chi connectivity index (χ2n) is 14.1. The summed E-state index contributed by atoms with van der Waals surface area (Å²) in [5, 5.41) is 0. The van der Waals surface area contributed by atoms with Crippen LogP contribution in [0, 0.1) is 0 Å². The number of nitrogens with two attached hydrogens (primary N) is 1. The molecule has 0 aliphatic heterocycles. The van der Waals surface area contributed by atoms with Crippen LogP contribution in [0.2, 0.25) is 0 Å². The zero-order valence-corrected chi connectivity index (χ0v) is 119. The van der Waals surface area contributed by atoms with Gasteiger partial charge in [0, 0.05) is 41.9 Å². The van der Waals surface area contributed by atoms with E-state index in [1.165, 1.54) is 0 Å². The molecule has 0 fully saturated rings. The van der Waals surface area contributed by atoms with Crippen molar-refractivity contribution in [2.45, 2.75) is 25.7 Å². The molecule has 43 unspecified atom stereocenters. The summed E-state index contributed by atoms with van der Waals surface area (Å²) in [7, 11) is 121. The fraction of sp³-hybridized carbons (Fsp3) is 1.00. The normalized spacial score (nSPS) is 16.8. The van der Waals surface area contributed by atoms with Gasteiger partial charge in [0.15, 0.2) is 0 Å². The molecule has 0 rings (SSSR count). The Morgan fingerprint density at radius 2 is 0.488 bits per heavy atom. The minimum absolute atomic E-state index is 0.220. The molecule has 78 heteroatoms. The summed E-state index contributed by atoms with van der Waals surface area (Å²) in [6, 6.07) is 0. The first-order valence-corrected chi connectivity index (χ1v) is 153. The second kappa shape index (κ2) is 63.9. The van der Waals surface area contributed by atoms with Crippen LogP contribution in [0.1, 0.15) is 25.7 Å². The van der Waals surface area contributed by atoms with Crippen molar-refractivity contribution in [1.29, 1.82) is 0 Å². The molecule has 0 aliphatic rings. The Bertz CT molecular complexity index is 1560. The van der Waals surface area contributed by atoms with Gasteiger partial charge in [0.2, 0.25) is 0 Å². The molecule has 0 bridgehead atoms. The molecule has 0 saturated carbocycles. The lowest BCUT2D eigenvalue weighted by molar-refractivity contribution is 0.206. The van der Waals surface area contributed by atoms with Crippen LogP contribution < -0.4 is 5.73 Å². The number of phosphoric acid groups is 1. The predicted octanol–water partition coefficient (Wildman–Crippen LogP) is 43.6. The highest BCUT2D eigenvalue weighted by Gasteiger charge is 2.64. The highest BCUT2D eigenvalue weighted by Crippen LogP contribution is 3.49. The fourth-order valence-corrected chi connectivity index (χ4v) is 1040. The second-order valence-corrected chi connectivity index (χ2v) is 311. The number of hydrogen-bond donors (Lipinski definition) is 2. The van der Waals surface area contributed by atoms with E-state index in [1.54, 1.807) is 0 Å². The minimum atomic E-state index is -4.71. The Kier molecular flexibility index (Phi) is 87.5. The minimum Gasteiger partial charge on any atom is -0.330 e. The Balaban J connectivity index is 12.2. The lowest BCUT2D eigenvalue weighted by Gasteiger charge is -2.59. The largest absolute Gasteiger partial charge is 0.476 e. The Morgan fingerprint density at radius 1 is 0.298 bits per heavy atom. The summed E-state index contributed by atoms with van der Waals surface area (Å²) in [6.45, 7) is -19.6. The standard InChI is InChI=1S/C6H88NO4P73/c7-5-3-1-2-4-6-10-84(8,9)11-49(68(79(70(50(13)14)51(15)16)71(52(17)18)53(19)20)80(72(54(21)22)55(23)24)73(56(25)26)57(27)28)69(81(74(58(29)30)59(31)32)75(60(33)34)61(35)36)82(78(66(45)46)67(47)48-12)83(76(62(37)38)63(39)40)77(64(41)42)65(43)44/h48H,1-7,12-47H2,(H,8,9). The van der Waals surface area contributed by atoms with Crippen LogP contribution in [0.25, 0.3) is 0 Å². The van der Waals surface area contributed by atoms with Crippen LogP contribution in [0.3, 0.4) is 0 Å². The van der Waals surface area contributed by atoms with Crippen molar-refractivity contribution in [3.05, 3.63) is 0 Å². The topological polar surface area (TPSA) is 81.8 Å². The molecule has 0 aliphatic carbocycles. The van der Waals surface area contributed by atoms with Crippen LogP contribution in [-0.2, 0) is 13.4 Å². The molecule has 3 N–H and O–H groups in total. The summed E-state index contributed by atoms with van der Waals surface area (Å²) >= 11 is 0. The van der Waals surface area contributed by atoms with E-state index in [1.807, 2.05) is 0 Å². The monoisotopic (exact) mass is 2500 g/mol. The van der Waals surface area contributed by atoms with Crippen LogP contribution in [-0.4, -0.2) is 18.0 Å². The van der Waals surface area contributed by atoms with Gasteiger partial charge in [-0.15, -0.1) is 321 Å². The fourth-order valence-electron chi connectivity index (χ4n) is 5.30. The molecular formula is C6H88NO4P73. The summed E-state index contributed by atoms with van der Waals surface area (Å²) in [5.74, 6) is 0. The van der Waals surface area contributed by atoms with Gasteiger partial charge in [0.05, 0.1) is 6.61 Å². The number of rotatable bonds is 44. The maximum atomic E-state index is 16.7. The van der Waals surface area contributed by atoms with Gasteiger partial charge in [-0.3, -0.25) is 8.83 Å². The maximum absolute atomic E-state index is 16.7. The first-order valence-electron chi connectivity index (χ1n) is 20.5. The number of phosphoric ester groups is 1. The van der Waals surface area contributed by atoms with E-state index in [9.17, 15) is 4.89 Å². The van der Waals surface area contributed by atoms with Crippen molar-refractivity contribution in [2.75, 3.05) is 13.2 Å². The average Bonchev–Trinajstić information content (AvgIpc) is 3.29. The molecule has 0 amide bonds. The molecule has 0 aromatic carbocycles. The molecule has 0 aromatic rings. The Hall–Kier alpha value is 31.0. The van der Waals surface area contributed by atoms with E-state index in [4.69, 9.17) is 14.6 Å². The van der Waals surface area contributed by atoms with E-state index in [-0.39, 0.29) is 6.61 Å². The van der Waals surface area contributed by atoms with Gasteiger partial charge in [-0.25, -0.2) is 4.57 Å². The van der Waals surface area contributed by atoms with Crippen molar-refractivity contribution < 1.29 is 18.3 Å². The van der Waals surface area contributed by atoms with Crippen LogP contribution in [0.5, 0.6) is 0 Å². The molecule has 0 radical (unpaired) electrons. The molecule has 84 heavy (non-hydrogen) atoms. The molecular weight excluding hydrogens is 2410 g/mol. The third-order valence-corrected chi connectivity index (χ3v) is 514. The first-order chi connectivity index (χ1) is 38.5. The van der Waals surface area contributed by atoms with Crippen molar-refractivity contribution in [3.8, 4) is 0 Å². The zero-order valence-electron chi connectivity index (χ0n) is 43.9. The highest BCUT2D eigenvalue weighted by molar-refractivity contribution is 9.53. The van der Waals surface area contributed by atoms with Gasteiger partial charge in [0.25, 0.3) is 0 Å². The van der Waals surface area contributed by atoms with Gasteiger partial charge in [-0.1, -0.05) is 20.8 Å². The third-order valence-electron chi connectivity index (χ3n) is 7.91. The zero-order chi connectivity index (χ0) is 66.1. The summed E-state index contributed by atoms with van der Waals surface area (Å²) in [6.07, 6.45) is 3.56. The molecule has 0 spiro atoms. The summed E-state index contributed by atoms with van der Waals surface area (Å²) in [5.41, 5.74) is 6.03. The van der Waals surface area contributed by atoms with E-state index < -0.39 is 253 Å². The lowest BCUT2D eigenvalue weighted by atomic mass is 10.2. The smallest absolute Gasteiger partial charge is 0.330 e. The predicted molar refractivity (Wildman–Crippen MR) is 644 cm³/mol. The average molecular weight is 2500 g/mol. The van der Waals surface area contributed by atoms with Gasteiger partial charge < -0.3 is 10.6 Å². The van der Waals surface area contributed by atoms with Gasteiger partial charge in [0.1, 0.15) is 7.53 Å². The molecule has 0 heterocycles. The summed E-state index contributed by atoms with van der Waals surface area (Å²) < 4.78 is 32.0. The van der Waals surface area contributed by atoms with Crippen LogP contribution in [0.15, 0.2) is 0 Å². The van der Waals surface area contributed by atoms with E-state index >= 15 is 4.57 Å². The van der Waals surface area contributed by atoms with Crippen molar-refractivity contribution in [1.82, 2.24) is 0 Å². The molecule has 506 valence electrons. The Morgan fingerprint density at radius 3 is 0.679 bits per heavy atom. The van der Waals surface area contributed by atoms with Crippen LogP contribution >= 0.6 is 582 Å². The highest BCUT2D eigenvalue weighted by atomic mass is 33.6. The SMILES string of the molecule is NCCCCCCOP(=O)(O)OP(P(P(P(P(P)P)P(P)P)P(P(P)P)P(P)P)P(P(P(P)P)P(P)P)P(P(P)P)P(P)P)P(P(P(P(P)P)P(P)P)P(P(P)P)P(P)P)P(P(P(P)P)P(P)PP)P(P(P(P)P)P(P)P)P(P(P)P)P(P)P. The van der Waals surface area contributed by atoms with Gasteiger partial charge >= 0.3 is 7.82 Å². The van der Waals surface area contributed by atoms with Crippen molar-refractivity contribution >= 4 is 582 Å². The molecule has 0 aromatic heterocycles. The van der Waals surface area contributed by atoms with Gasteiger partial charge in [-0.05, 0) is 215 Å². The molecule has 0 saturated heterocycles. The first kappa shape index (κ1) is 115. The maximum Gasteiger partial charge on any atom is 0.476 e. The summed E-state index contributed by atoms with van der Waals surface area (Å²) in [4.78, 5) is 13.7. The number of unbranched alkanes of at least 4 members (excludes halogenated alkanes) is 3. The van der Waals surface area contributed by atoms with E-state index in [2.05, 4.69) is 321 Å². The third kappa shape index (κ3) is 42.3. The van der Waals surface area contributed by atoms with Crippen molar-refractivity contribution in [3.63, 3.8) is 0 Å². The molecule has 43 atom stereocenters. The number of hydrogen-bond acceptors (Lipinski definition) is 4. The van der Waals surface area contributed by atoms with E-state index in [0.717, 1.165) is 27.2 Å². The van der Waals surface area contributed by atoms with E-state index in [0.29, 0.717) is 13.0 Å². The lowest BCUT2D eigenvalue weighted by Crippen LogP contribution is -1.99.